The molecule has 0 fully saturated rings. The van der Waals surface area contributed by atoms with Gasteiger partial charge in [-0.15, -0.1) is 0 Å². The van der Waals surface area contributed by atoms with E-state index < -0.39 is 87.3 Å². The number of rotatable bonds is 9. The van der Waals surface area contributed by atoms with Crippen LogP contribution in [0.2, 0.25) is 0 Å². The fourth-order valence-corrected chi connectivity index (χ4v) is 6.90. The number of halogens is 16. The fourth-order valence-electron chi connectivity index (χ4n) is 2.37. The standard InChI is InChI=1S/C20H12F14I2/c21-15(22,17(25,26)19(29,30)31)9-35-13-5-1-11(2-6-13)12-3-7-14(8-4-12)36-10-16(23,24)18(27,28)20(32,33)34/h1-8H,9-10H2/q-2. The number of hydrogen-bond acceptors (Lipinski definition) is 0. The zero-order valence-electron chi connectivity index (χ0n) is 17.1. The Labute approximate surface area is 214 Å². The van der Waals surface area contributed by atoms with Crippen LogP contribution in [0.1, 0.15) is 0 Å². The van der Waals surface area contributed by atoms with Crippen molar-refractivity contribution < 1.29 is 104 Å². The normalized spacial score (nSPS) is 14.5. The Morgan fingerprint density at radius 2 is 0.667 bits per heavy atom. The summed E-state index contributed by atoms with van der Waals surface area (Å²) in [6, 6.07) is 10.3. The Morgan fingerprint density at radius 1 is 0.417 bits per heavy atom. The summed E-state index contributed by atoms with van der Waals surface area (Å²) in [5.41, 5.74) is 0.822. The second-order valence-corrected chi connectivity index (χ2v) is 12.6. The molecule has 206 valence electrons. The van der Waals surface area contributed by atoms with Crippen LogP contribution in [0.15, 0.2) is 48.5 Å². The van der Waals surface area contributed by atoms with Crippen LogP contribution in [0.4, 0.5) is 61.5 Å². The third-order valence-corrected chi connectivity index (χ3v) is 10.3. The molecule has 0 saturated heterocycles. The van der Waals surface area contributed by atoms with Gasteiger partial charge < -0.3 is 0 Å². The van der Waals surface area contributed by atoms with Crippen LogP contribution in [0.5, 0.6) is 0 Å². The molecule has 0 saturated carbocycles. The van der Waals surface area contributed by atoms with Crippen molar-refractivity contribution >= 4 is 0 Å². The first kappa shape index (κ1) is 31.1. The summed E-state index contributed by atoms with van der Waals surface area (Å²) in [5, 5.41) is 0. The predicted octanol–water partition coefficient (Wildman–Crippen LogP) is 1.54. The van der Waals surface area contributed by atoms with Gasteiger partial charge in [-0.25, -0.2) is 0 Å². The van der Waals surface area contributed by atoms with Gasteiger partial charge >= 0.3 is 216 Å². The zero-order chi connectivity index (χ0) is 27.8. The van der Waals surface area contributed by atoms with E-state index in [1.54, 1.807) is 0 Å². The molecule has 0 radical (unpaired) electrons. The van der Waals surface area contributed by atoms with Crippen LogP contribution in [-0.4, -0.2) is 44.9 Å². The molecule has 0 aromatic heterocycles. The van der Waals surface area contributed by atoms with E-state index in [1.165, 1.54) is 48.5 Å². The molecule has 0 amide bonds. The molecule has 0 aliphatic carbocycles. The van der Waals surface area contributed by atoms with E-state index in [0.29, 0.717) is 11.1 Å². The summed E-state index contributed by atoms with van der Waals surface area (Å²) in [6.45, 7) is 0. The Kier molecular flexibility index (Phi) is 9.16. The fraction of sp³-hybridized carbons (Fsp3) is 0.400. The molecule has 0 bridgehead atoms. The molecular weight excluding hydrogens is 760 g/mol. The Balaban J connectivity index is 2.03. The van der Waals surface area contributed by atoms with E-state index in [0.717, 1.165) is 0 Å². The number of benzene rings is 2. The van der Waals surface area contributed by atoms with Crippen molar-refractivity contribution in [1.29, 1.82) is 0 Å². The maximum absolute atomic E-state index is 13.4. The maximum atomic E-state index is 13.4. The first-order valence-corrected chi connectivity index (χ1v) is 14.4. The first-order chi connectivity index (χ1) is 16.1. The van der Waals surface area contributed by atoms with E-state index in [2.05, 4.69) is 0 Å². The monoisotopic (exact) mass is 772 g/mol. The summed E-state index contributed by atoms with van der Waals surface area (Å²) in [6.07, 6.45) is -12.8. The summed E-state index contributed by atoms with van der Waals surface area (Å²) >= 11 is -3.88. The number of hydrogen-bond donors (Lipinski definition) is 0. The average Bonchev–Trinajstić information content (AvgIpc) is 2.75. The SMILES string of the molecule is FC(F)(F)C(F)(F)C(F)(F)C[I-]c1ccc(-c2ccc([I-]CC(F)(F)C(F)(F)C(F)(F)F)cc2)cc1. The molecular formula is C20H12F14I2-2. The van der Waals surface area contributed by atoms with Crippen LogP contribution in [0.25, 0.3) is 11.1 Å². The number of alkyl halides is 16. The molecule has 0 N–H and O–H groups in total. The summed E-state index contributed by atoms with van der Waals surface area (Å²) in [7, 11) is 0. The van der Waals surface area contributed by atoms with Gasteiger partial charge in [0.15, 0.2) is 0 Å². The van der Waals surface area contributed by atoms with E-state index in [-0.39, 0.29) is 7.14 Å². The third-order valence-electron chi connectivity index (χ3n) is 4.43. The molecule has 0 unspecified atom stereocenters. The van der Waals surface area contributed by atoms with Gasteiger partial charge in [0.2, 0.25) is 0 Å². The van der Waals surface area contributed by atoms with Crippen molar-refractivity contribution in [3.8, 4) is 11.1 Å². The van der Waals surface area contributed by atoms with Gasteiger partial charge in [-0.1, -0.05) is 0 Å². The van der Waals surface area contributed by atoms with Crippen molar-refractivity contribution in [2.75, 3.05) is 8.86 Å². The third kappa shape index (κ3) is 6.67. The van der Waals surface area contributed by atoms with E-state index in [4.69, 9.17) is 0 Å². The van der Waals surface area contributed by atoms with Crippen LogP contribution < -0.4 is 42.4 Å². The van der Waals surface area contributed by atoms with Crippen molar-refractivity contribution in [3.63, 3.8) is 0 Å². The van der Waals surface area contributed by atoms with Gasteiger partial charge in [-0.2, -0.15) is 0 Å². The topological polar surface area (TPSA) is 0 Å². The minimum atomic E-state index is -6.41. The van der Waals surface area contributed by atoms with Crippen molar-refractivity contribution in [1.82, 2.24) is 0 Å². The summed E-state index contributed by atoms with van der Waals surface area (Å²) in [4.78, 5) is 0. The summed E-state index contributed by atoms with van der Waals surface area (Å²) < 4.78 is 176. The van der Waals surface area contributed by atoms with Gasteiger partial charge in [0.25, 0.3) is 0 Å². The predicted molar refractivity (Wildman–Crippen MR) is 90.9 cm³/mol. The van der Waals surface area contributed by atoms with E-state index in [1.807, 2.05) is 0 Å². The Morgan fingerprint density at radius 3 is 0.889 bits per heavy atom. The van der Waals surface area contributed by atoms with Crippen molar-refractivity contribution in [2.24, 2.45) is 0 Å². The minimum absolute atomic E-state index is 0.130. The molecule has 16 heteroatoms. The molecule has 2 aromatic carbocycles. The van der Waals surface area contributed by atoms with Crippen molar-refractivity contribution in [2.45, 2.75) is 36.0 Å². The van der Waals surface area contributed by atoms with Gasteiger partial charge in [0, 0.05) is 0 Å². The molecule has 2 aromatic rings. The molecule has 36 heavy (non-hydrogen) atoms. The molecule has 0 spiro atoms. The van der Waals surface area contributed by atoms with Crippen LogP contribution >= 0.6 is 0 Å². The summed E-state index contributed by atoms with van der Waals surface area (Å²) in [5.74, 6) is -23.0. The molecule has 0 aliphatic heterocycles. The van der Waals surface area contributed by atoms with E-state index >= 15 is 0 Å². The molecule has 0 aliphatic rings. The van der Waals surface area contributed by atoms with Crippen molar-refractivity contribution in [3.05, 3.63) is 55.7 Å². The van der Waals surface area contributed by atoms with Gasteiger partial charge in [-0.05, 0) is 0 Å². The molecule has 0 atom stereocenters. The zero-order valence-corrected chi connectivity index (χ0v) is 21.4. The Bertz CT molecular complexity index is 925. The van der Waals surface area contributed by atoms with Gasteiger partial charge in [0.05, 0.1) is 0 Å². The average molecular weight is 772 g/mol. The molecule has 2 rings (SSSR count). The Hall–Kier alpha value is -1.08. The second kappa shape index (κ2) is 10.6. The quantitative estimate of drug-likeness (QED) is 0.207. The van der Waals surface area contributed by atoms with Crippen LogP contribution in [-0.2, 0) is 0 Å². The van der Waals surface area contributed by atoms with E-state index in [9.17, 15) is 61.5 Å². The second-order valence-electron chi connectivity index (χ2n) is 7.10. The van der Waals surface area contributed by atoms with Crippen LogP contribution in [0.3, 0.4) is 0 Å². The van der Waals surface area contributed by atoms with Gasteiger partial charge in [0.1, 0.15) is 0 Å². The van der Waals surface area contributed by atoms with Crippen LogP contribution in [0, 0.1) is 7.14 Å². The molecule has 0 nitrogen and oxygen atoms in total. The molecule has 0 heterocycles. The van der Waals surface area contributed by atoms with Gasteiger partial charge in [-0.3, -0.25) is 0 Å². The first-order valence-electron chi connectivity index (χ1n) is 9.16.